The number of methoxy groups -OCH3 is 1. The zero-order chi connectivity index (χ0) is 21.9. The van der Waals surface area contributed by atoms with Gasteiger partial charge in [-0.1, -0.05) is 23.7 Å². The topological polar surface area (TPSA) is 105 Å². The molecule has 3 rings (SSSR count). The van der Waals surface area contributed by atoms with Crippen LogP contribution in [0.1, 0.15) is 18.4 Å². The molecule has 3 N–H and O–H groups in total. The standard InChI is InChI=1S/C20H22ClFN2O5S/c1-29-14-3-5-16(18(22)11-14)15-4-2-13(10-17(15)21)12-23-20(19(25)24-26)6-8-30(27,28)9-7-20/h2-5,10-11,23,26H,6-9,12H2,1H3,(H,24,25). The highest BCUT2D eigenvalue weighted by molar-refractivity contribution is 7.91. The highest BCUT2D eigenvalue weighted by atomic mass is 35.5. The molecule has 162 valence electrons. The first-order chi connectivity index (χ1) is 14.2. The molecule has 0 spiro atoms. The number of ether oxygens (including phenoxy) is 1. The fraction of sp³-hybridized carbons (Fsp3) is 0.350. The van der Waals surface area contributed by atoms with Gasteiger partial charge < -0.3 is 4.74 Å². The van der Waals surface area contributed by atoms with E-state index in [1.807, 2.05) is 0 Å². The zero-order valence-corrected chi connectivity index (χ0v) is 17.8. The van der Waals surface area contributed by atoms with Gasteiger partial charge in [-0.25, -0.2) is 18.3 Å². The maximum Gasteiger partial charge on any atom is 0.263 e. The number of hydrogen-bond donors (Lipinski definition) is 3. The van der Waals surface area contributed by atoms with Crippen LogP contribution in [0, 0.1) is 5.82 Å². The third-order valence-corrected chi connectivity index (χ3v) is 7.31. The summed E-state index contributed by atoms with van der Waals surface area (Å²) in [4.78, 5) is 12.2. The minimum atomic E-state index is -3.20. The summed E-state index contributed by atoms with van der Waals surface area (Å²) in [5, 5.41) is 12.5. The normalized spacial score (nSPS) is 17.3. The van der Waals surface area contributed by atoms with Crippen LogP contribution in [0.2, 0.25) is 5.02 Å². The minimum Gasteiger partial charge on any atom is -0.497 e. The number of sulfone groups is 1. The van der Waals surface area contributed by atoms with E-state index in [2.05, 4.69) is 5.32 Å². The van der Waals surface area contributed by atoms with Gasteiger partial charge in [-0.2, -0.15) is 0 Å². The number of nitrogens with one attached hydrogen (secondary N) is 2. The van der Waals surface area contributed by atoms with E-state index in [4.69, 9.17) is 21.5 Å². The van der Waals surface area contributed by atoms with Crippen molar-refractivity contribution in [2.75, 3.05) is 18.6 Å². The molecule has 1 saturated heterocycles. The first kappa shape index (κ1) is 22.5. The second-order valence-electron chi connectivity index (χ2n) is 7.19. The van der Waals surface area contributed by atoms with Crippen LogP contribution in [-0.2, 0) is 21.2 Å². The third-order valence-electron chi connectivity index (χ3n) is 5.35. The zero-order valence-electron chi connectivity index (χ0n) is 16.2. The number of carbonyl (C=O) groups is 1. The molecular weight excluding hydrogens is 435 g/mol. The lowest BCUT2D eigenvalue weighted by Crippen LogP contribution is -2.59. The van der Waals surface area contributed by atoms with Gasteiger partial charge in [0.1, 0.15) is 26.9 Å². The van der Waals surface area contributed by atoms with Crippen molar-refractivity contribution in [1.29, 1.82) is 0 Å². The molecule has 0 aliphatic carbocycles. The van der Waals surface area contributed by atoms with Crippen molar-refractivity contribution >= 4 is 27.3 Å². The Morgan fingerprint density at radius 1 is 1.20 bits per heavy atom. The molecule has 30 heavy (non-hydrogen) atoms. The van der Waals surface area contributed by atoms with E-state index in [0.717, 1.165) is 5.56 Å². The predicted molar refractivity (Wildman–Crippen MR) is 111 cm³/mol. The quantitative estimate of drug-likeness (QED) is 0.456. The minimum absolute atomic E-state index is 0.0462. The van der Waals surface area contributed by atoms with E-state index in [-0.39, 0.29) is 30.9 Å². The number of benzene rings is 2. The monoisotopic (exact) mass is 456 g/mol. The van der Waals surface area contributed by atoms with Crippen LogP contribution in [-0.4, -0.2) is 43.7 Å². The highest BCUT2D eigenvalue weighted by Crippen LogP contribution is 2.33. The molecule has 1 heterocycles. The molecule has 0 radical (unpaired) electrons. The van der Waals surface area contributed by atoms with Crippen LogP contribution in [0.25, 0.3) is 11.1 Å². The second kappa shape index (κ2) is 8.89. The van der Waals surface area contributed by atoms with Crippen molar-refractivity contribution in [1.82, 2.24) is 10.8 Å². The molecule has 2 aromatic rings. The molecule has 1 aliphatic rings. The molecular formula is C20H22ClFN2O5S. The molecule has 0 aromatic heterocycles. The molecule has 1 fully saturated rings. The Bertz CT molecular complexity index is 1050. The Morgan fingerprint density at radius 3 is 2.43 bits per heavy atom. The van der Waals surface area contributed by atoms with Gasteiger partial charge in [-0.3, -0.25) is 15.3 Å². The average molecular weight is 457 g/mol. The Balaban J connectivity index is 1.79. The Labute approximate surface area is 179 Å². The number of hydroxylamine groups is 1. The van der Waals surface area contributed by atoms with Crippen LogP contribution >= 0.6 is 11.6 Å². The van der Waals surface area contributed by atoms with Gasteiger partial charge in [0.2, 0.25) is 0 Å². The number of rotatable bonds is 6. The van der Waals surface area contributed by atoms with E-state index in [9.17, 15) is 17.6 Å². The van der Waals surface area contributed by atoms with Gasteiger partial charge in [-0.15, -0.1) is 0 Å². The van der Waals surface area contributed by atoms with Gasteiger partial charge in [-0.05, 0) is 36.6 Å². The van der Waals surface area contributed by atoms with E-state index in [0.29, 0.717) is 21.9 Å². The summed E-state index contributed by atoms with van der Waals surface area (Å²) < 4.78 is 42.8. The Kier molecular flexibility index (Phi) is 6.66. The lowest BCUT2D eigenvalue weighted by Gasteiger charge is -2.35. The maximum absolute atomic E-state index is 14.4. The smallest absolute Gasteiger partial charge is 0.263 e. The summed E-state index contributed by atoms with van der Waals surface area (Å²) in [6.45, 7) is 0.207. The molecule has 1 aliphatic heterocycles. The van der Waals surface area contributed by atoms with E-state index in [1.165, 1.54) is 13.2 Å². The molecule has 0 unspecified atom stereocenters. The van der Waals surface area contributed by atoms with Crippen molar-refractivity contribution in [2.24, 2.45) is 0 Å². The fourth-order valence-electron chi connectivity index (χ4n) is 3.48. The van der Waals surface area contributed by atoms with Crippen LogP contribution in [0.4, 0.5) is 4.39 Å². The number of hydrogen-bond acceptors (Lipinski definition) is 6. The number of carbonyl (C=O) groups excluding carboxylic acids is 1. The SMILES string of the molecule is COc1ccc(-c2ccc(CNC3(C(=O)NO)CCS(=O)(=O)CC3)cc2Cl)c(F)c1. The number of amides is 1. The van der Waals surface area contributed by atoms with Crippen molar-refractivity contribution in [3.05, 3.63) is 52.8 Å². The molecule has 2 aromatic carbocycles. The summed E-state index contributed by atoms with van der Waals surface area (Å²) in [5.74, 6) is -1.05. The largest absolute Gasteiger partial charge is 0.497 e. The molecule has 0 atom stereocenters. The van der Waals surface area contributed by atoms with Crippen molar-refractivity contribution in [2.45, 2.75) is 24.9 Å². The summed E-state index contributed by atoms with van der Waals surface area (Å²) in [6.07, 6.45) is 0.0925. The third kappa shape index (κ3) is 4.75. The predicted octanol–water partition coefficient (Wildman–Crippen LogP) is 2.70. The highest BCUT2D eigenvalue weighted by Gasteiger charge is 2.43. The first-order valence-corrected chi connectivity index (χ1v) is 11.4. The lowest BCUT2D eigenvalue weighted by atomic mass is 9.91. The summed E-state index contributed by atoms with van der Waals surface area (Å²) >= 11 is 6.37. The van der Waals surface area contributed by atoms with Gasteiger partial charge in [0.25, 0.3) is 5.91 Å². The van der Waals surface area contributed by atoms with Crippen molar-refractivity contribution in [3.63, 3.8) is 0 Å². The fourth-order valence-corrected chi connectivity index (χ4v) is 5.31. The van der Waals surface area contributed by atoms with Crippen LogP contribution in [0.5, 0.6) is 5.75 Å². The van der Waals surface area contributed by atoms with E-state index in [1.54, 1.807) is 35.8 Å². The van der Waals surface area contributed by atoms with Crippen molar-refractivity contribution in [3.8, 4) is 16.9 Å². The average Bonchev–Trinajstić information content (AvgIpc) is 2.73. The van der Waals surface area contributed by atoms with Crippen molar-refractivity contribution < 1.29 is 27.5 Å². The second-order valence-corrected chi connectivity index (χ2v) is 9.90. The van der Waals surface area contributed by atoms with E-state index < -0.39 is 27.1 Å². The molecule has 1 amide bonds. The summed E-state index contributed by atoms with van der Waals surface area (Å²) in [5.41, 5.74) is 1.97. The molecule has 7 nitrogen and oxygen atoms in total. The van der Waals surface area contributed by atoms with E-state index >= 15 is 0 Å². The van der Waals surface area contributed by atoms with Gasteiger partial charge in [0.15, 0.2) is 0 Å². The summed E-state index contributed by atoms with van der Waals surface area (Å²) in [7, 11) is -1.74. The van der Waals surface area contributed by atoms with Gasteiger partial charge >= 0.3 is 0 Å². The van der Waals surface area contributed by atoms with Gasteiger partial charge in [0.05, 0.1) is 18.6 Å². The van der Waals surface area contributed by atoms with Crippen LogP contribution in [0.3, 0.4) is 0 Å². The Hall–Kier alpha value is -2.20. The lowest BCUT2D eigenvalue weighted by molar-refractivity contribution is -0.136. The number of halogens is 2. The van der Waals surface area contributed by atoms with Crippen LogP contribution in [0.15, 0.2) is 36.4 Å². The first-order valence-electron chi connectivity index (χ1n) is 9.22. The summed E-state index contributed by atoms with van der Waals surface area (Å²) in [6, 6.07) is 9.55. The van der Waals surface area contributed by atoms with Crippen LogP contribution < -0.4 is 15.5 Å². The van der Waals surface area contributed by atoms with Gasteiger partial charge in [0, 0.05) is 28.8 Å². The Morgan fingerprint density at radius 2 is 1.87 bits per heavy atom. The molecule has 10 heteroatoms. The molecule has 0 saturated carbocycles. The maximum atomic E-state index is 14.4. The molecule has 0 bridgehead atoms.